The molecule has 1 aliphatic carbocycles. The maximum atomic E-state index is 13.6. The first kappa shape index (κ1) is 28.9. The van der Waals surface area contributed by atoms with E-state index in [-0.39, 0.29) is 37.4 Å². The molecule has 188 valence electrons. The number of carbonyl (C=O) groups is 1. The summed E-state index contributed by atoms with van der Waals surface area (Å²) in [4.78, 5) is 11.1. The molecular weight excluding hydrogens is 422 g/mol. The molecule has 1 fully saturated rings. The summed E-state index contributed by atoms with van der Waals surface area (Å²) in [5, 5.41) is 20.5. The lowest BCUT2D eigenvalue weighted by Crippen LogP contribution is -2.25. The van der Waals surface area contributed by atoms with Gasteiger partial charge in [-0.15, -0.1) is 0 Å². The number of halogens is 2. The Bertz CT molecular complexity index is 529. The second-order valence-electron chi connectivity index (χ2n) is 8.57. The topological polar surface area (TPSA) is 85.2 Å². The normalized spacial score (nSPS) is 23.8. The Labute approximate surface area is 191 Å². The number of carbonyl (C=O) groups excluding carboxylic acids is 1. The van der Waals surface area contributed by atoms with E-state index in [0.717, 1.165) is 25.7 Å². The summed E-state index contributed by atoms with van der Waals surface area (Å²) >= 11 is 0. The van der Waals surface area contributed by atoms with Crippen molar-refractivity contribution in [2.45, 2.75) is 95.9 Å². The lowest BCUT2D eigenvalue weighted by atomic mass is 9.88. The third-order valence-electron chi connectivity index (χ3n) is 6.03. The van der Waals surface area contributed by atoms with Crippen LogP contribution in [0, 0.1) is 11.8 Å². The van der Waals surface area contributed by atoms with E-state index in [4.69, 9.17) is 4.74 Å². The van der Waals surface area contributed by atoms with Gasteiger partial charge < -0.3 is 24.4 Å². The second kappa shape index (κ2) is 16.5. The van der Waals surface area contributed by atoms with Gasteiger partial charge in [0.2, 0.25) is 0 Å². The summed E-state index contributed by atoms with van der Waals surface area (Å²) in [5.74, 6) is -0.409. The number of aliphatic hydroxyl groups excluding tert-OH is 2. The highest BCUT2D eigenvalue weighted by Crippen LogP contribution is 2.37. The van der Waals surface area contributed by atoms with Crippen LogP contribution in [0.25, 0.3) is 0 Å². The van der Waals surface area contributed by atoms with E-state index in [9.17, 15) is 23.8 Å². The molecule has 4 atom stereocenters. The predicted octanol–water partition coefficient (Wildman–Crippen LogP) is 4.62. The number of allylic oxidation sites excluding steroid dienone is 2. The van der Waals surface area contributed by atoms with Crippen LogP contribution < -0.4 is 0 Å². The fraction of sp³-hybridized carbons (Fsp3) is 0.875. The Morgan fingerprint density at radius 3 is 2.50 bits per heavy atom. The minimum atomic E-state index is -3.11. The molecule has 0 aromatic heterocycles. The summed E-state index contributed by atoms with van der Waals surface area (Å²) in [6.07, 6.45) is 5.92. The molecule has 32 heavy (non-hydrogen) atoms. The molecule has 1 saturated carbocycles. The quantitative estimate of drug-likeness (QED) is 0.175. The summed E-state index contributed by atoms with van der Waals surface area (Å²) < 4.78 is 42.0. The van der Waals surface area contributed by atoms with Crippen LogP contribution in [0.1, 0.15) is 77.6 Å². The first-order chi connectivity index (χ1) is 15.3. The molecule has 1 aliphatic rings. The number of unbranched alkanes of at least 4 members (excludes halogenated alkanes) is 4. The van der Waals surface area contributed by atoms with Crippen LogP contribution >= 0.6 is 0 Å². The van der Waals surface area contributed by atoms with E-state index in [1.54, 1.807) is 0 Å². The maximum absolute atomic E-state index is 13.6. The highest BCUT2D eigenvalue weighted by molar-refractivity contribution is 5.69. The van der Waals surface area contributed by atoms with Crippen LogP contribution in [0.5, 0.6) is 0 Å². The number of ether oxygens (including phenoxy) is 3. The minimum absolute atomic E-state index is 0.0701. The van der Waals surface area contributed by atoms with Crippen LogP contribution in [-0.2, 0) is 19.0 Å². The van der Waals surface area contributed by atoms with Gasteiger partial charge in [-0.25, -0.2) is 0 Å². The number of methoxy groups -OCH3 is 1. The highest BCUT2D eigenvalue weighted by Gasteiger charge is 2.40. The Morgan fingerprint density at radius 1 is 1.03 bits per heavy atom. The van der Waals surface area contributed by atoms with Crippen molar-refractivity contribution in [3.05, 3.63) is 12.2 Å². The number of hydrogen-bond acceptors (Lipinski definition) is 6. The van der Waals surface area contributed by atoms with Gasteiger partial charge in [-0.05, 0) is 50.4 Å². The van der Waals surface area contributed by atoms with Crippen LogP contribution in [0.4, 0.5) is 8.78 Å². The molecule has 0 aliphatic heterocycles. The number of rotatable bonds is 18. The summed E-state index contributed by atoms with van der Waals surface area (Å²) in [6, 6.07) is 0. The zero-order valence-electron chi connectivity index (χ0n) is 19.6. The zero-order valence-corrected chi connectivity index (χ0v) is 19.6. The largest absolute Gasteiger partial charge is 0.469 e. The van der Waals surface area contributed by atoms with E-state index in [1.807, 2.05) is 19.1 Å². The van der Waals surface area contributed by atoms with E-state index in [2.05, 4.69) is 9.47 Å². The molecule has 3 unspecified atom stereocenters. The van der Waals surface area contributed by atoms with Crippen molar-refractivity contribution in [2.24, 2.45) is 11.8 Å². The first-order valence-electron chi connectivity index (χ1n) is 12.0. The van der Waals surface area contributed by atoms with E-state index < -0.39 is 18.3 Å². The monoisotopic (exact) mass is 464 g/mol. The van der Waals surface area contributed by atoms with Crippen molar-refractivity contribution in [1.82, 2.24) is 0 Å². The van der Waals surface area contributed by atoms with Gasteiger partial charge in [-0.3, -0.25) is 4.79 Å². The van der Waals surface area contributed by atoms with Crippen LogP contribution in [0.2, 0.25) is 0 Å². The fourth-order valence-electron chi connectivity index (χ4n) is 4.14. The van der Waals surface area contributed by atoms with Crippen LogP contribution in [-0.4, -0.2) is 61.4 Å². The molecule has 0 aromatic rings. The van der Waals surface area contributed by atoms with Gasteiger partial charge in [0.05, 0.1) is 32.5 Å². The lowest BCUT2D eigenvalue weighted by molar-refractivity contribution is -0.247. The van der Waals surface area contributed by atoms with Crippen LogP contribution in [0.3, 0.4) is 0 Å². The van der Waals surface area contributed by atoms with Gasteiger partial charge in [-0.2, -0.15) is 8.78 Å². The van der Waals surface area contributed by atoms with Crippen LogP contribution in [0.15, 0.2) is 12.2 Å². The molecule has 0 heterocycles. The van der Waals surface area contributed by atoms with Gasteiger partial charge in [0.25, 0.3) is 0 Å². The highest BCUT2D eigenvalue weighted by atomic mass is 19.3. The van der Waals surface area contributed by atoms with Gasteiger partial charge >= 0.3 is 12.1 Å². The fourth-order valence-corrected chi connectivity index (χ4v) is 4.14. The number of aliphatic hydroxyl groups is 2. The molecule has 6 nitrogen and oxygen atoms in total. The Morgan fingerprint density at radius 2 is 1.78 bits per heavy atom. The number of alkyl halides is 2. The van der Waals surface area contributed by atoms with Gasteiger partial charge in [0.1, 0.15) is 0 Å². The maximum Gasteiger partial charge on any atom is 0.355 e. The third-order valence-corrected chi connectivity index (χ3v) is 6.03. The molecule has 0 amide bonds. The van der Waals surface area contributed by atoms with Crippen molar-refractivity contribution in [1.29, 1.82) is 0 Å². The lowest BCUT2D eigenvalue weighted by Gasteiger charge is -2.22. The van der Waals surface area contributed by atoms with Crippen molar-refractivity contribution in [2.75, 3.05) is 26.9 Å². The molecule has 0 saturated heterocycles. The summed E-state index contributed by atoms with van der Waals surface area (Å²) in [7, 11) is 1.37. The summed E-state index contributed by atoms with van der Waals surface area (Å²) in [6.45, 7) is 2.25. The van der Waals surface area contributed by atoms with Crippen molar-refractivity contribution in [3.8, 4) is 0 Å². The molecule has 0 spiro atoms. The van der Waals surface area contributed by atoms with E-state index in [1.165, 1.54) is 7.11 Å². The SMILES string of the molecule is CCCCCCC(F)(F)OCCOCCC1C(O)CC(O)[C@@H]1C/C=C\CCCC(=O)OC. The standard InChI is InChI=1S/C24H42F2O6/c1-3-4-5-10-14-24(25,26)32-17-16-31-15-13-20-19(21(27)18-22(20)28)11-8-6-7-9-12-23(29)30-2/h6,8,19-22,27-28H,3-5,7,9-18H2,1-2H3/b8-6-/t19-,20?,21?,22?/m1/s1. The number of hydrogen-bond donors (Lipinski definition) is 2. The molecule has 0 radical (unpaired) electrons. The van der Waals surface area contributed by atoms with E-state index in [0.29, 0.717) is 45.1 Å². The average Bonchev–Trinajstić information content (AvgIpc) is 3.02. The molecule has 8 heteroatoms. The molecule has 2 N–H and O–H groups in total. The first-order valence-corrected chi connectivity index (χ1v) is 12.0. The molecule has 1 rings (SSSR count). The van der Waals surface area contributed by atoms with E-state index >= 15 is 0 Å². The Kier molecular flexibility index (Phi) is 14.9. The average molecular weight is 465 g/mol. The third kappa shape index (κ3) is 12.2. The number of esters is 1. The van der Waals surface area contributed by atoms with Gasteiger partial charge in [0.15, 0.2) is 0 Å². The zero-order chi connectivity index (χ0) is 23.8. The second-order valence-corrected chi connectivity index (χ2v) is 8.57. The Hall–Kier alpha value is -1.09. The van der Waals surface area contributed by atoms with Gasteiger partial charge in [0, 0.05) is 19.4 Å². The Balaban J connectivity index is 2.23. The predicted molar refractivity (Wildman–Crippen MR) is 118 cm³/mol. The van der Waals surface area contributed by atoms with Crippen molar-refractivity contribution >= 4 is 5.97 Å². The smallest absolute Gasteiger partial charge is 0.355 e. The molecular formula is C24H42F2O6. The van der Waals surface area contributed by atoms with Crippen molar-refractivity contribution in [3.63, 3.8) is 0 Å². The van der Waals surface area contributed by atoms with Gasteiger partial charge in [-0.1, -0.05) is 38.3 Å². The van der Waals surface area contributed by atoms with Crippen molar-refractivity contribution < 1.29 is 38.0 Å². The minimum Gasteiger partial charge on any atom is -0.469 e. The summed E-state index contributed by atoms with van der Waals surface area (Å²) in [5.41, 5.74) is 0. The molecule has 0 aromatic carbocycles. The molecule has 0 bridgehead atoms.